The van der Waals surface area contributed by atoms with Crippen LogP contribution in [0.1, 0.15) is 36.9 Å². The number of hydrogen-bond acceptors (Lipinski definition) is 2. The van der Waals surface area contributed by atoms with Gasteiger partial charge in [0.2, 0.25) is 0 Å². The maximum Gasteiger partial charge on any atom is 0.0450 e. The van der Waals surface area contributed by atoms with E-state index in [2.05, 4.69) is 50.1 Å². The largest absolute Gasteiger partial charge is 0.323 e. The first-order valence-corrected chi connectivity index (χ1v) is 6.60. The summed E-state index contributed by atoms with van der Waals surface area (Å²) in [6, 6.07) is 9.10. The quantitative estimate of drug-likeness (QED) is 0.846. The Labute approximate surface area is 105 Å². The molecular formula is C15H24N2. The third-order valence-corrected chi connectivity index (χ3v) is 3.92. The first kappa shape index (κ1) is 12.6. The molecule has 1 aromatic carbocycles. The van der Waals surface area contributed by atoms with Crippen molar-refractivity contribution in [2.45, 2.75) is 38.8 Å². The van der Waals surface area contributed by atoms with E-state index in [-0.39, 0.29) is 6.04 Å². The van der Waals surface area contributed by atoms with Crippen LogP contribution in [0.3, 0.4) is 0 Å². The number of likely N-dealkylation sites (N-methyl/N-ethyl adjacent to an activating group) is 1. The number of benzene rings is 1. The summed E-state index contributed by atoms with van der Waals surface area (Å²) in [6.45, 7) is 5.53. The van der Waals surface area contributed by atoms with Gasteiger partial charge in [0.25, 0.3) is 0 Å². The molecule has 1 aliphatic carbocycles. The van der Waals surface area contributed by atoms with Gasteiger partial charge in [-0.25, -0.2) is 0 Å². The maximum atomic E-state index is 6.34. The van der Waals surface area contributed by atoms with Gasteiger partial charge in [0.1, 0.15) is 0 Å². The van der Waals surface area contributed by atoms with Crippen molar-refractivity contribution in [3.8, 4) is 0 Å². The van der Waals surface area contributed by atoms with Crippen LogP contribution in [0.4, 0.5) is 0 Å². The van der Waals surface area contributed by atoms with E-state index in [0.717, 1.165) is 5.92 Å². The normalized spacial score (nSPS) is 19.4. The molecule has 2 heteroatoms. The summed E-state index contributed by atoms with van der Waals surface area (Å²) in [5, 5.41) is 0. The van der Waals surface area contributed by atoms with Crippen molar-refractivity contribution in [1.82, 2.24) is 4.90 Å². The molecule has 0 aliphatic heterocycles. The van der Waals surface area contributed by atoms with Crippen molar-refractivity contribution in [1.29, 1.82) is 0 Å². The van der Waals surface area contributed by atoms with Gasteiger partial charge in [0.15, 0.2) is 0 Å². The SMILES string of the molecule is Cc1ccc(C(N)C(C)N(C)CC2CC2)cc1. The van der Waals surface area contributed by atoms with Crippen molar-refractivity contribution in [3.05, 3.63) is 35.4 Å². The maximum absolute atomic E-state index is 6.34. The summed E-state index contributed by atoms with van der Waals surface area (Å²) in [5.41, 5.74) is 8.88. The lowest BCUT2D eigenvalue weighted by atomic mass is 9.99. The van der Waals surface area contributed by atoms with E-state index in [4.69, 9.17) is 5.73 Å². The lowest BCUT2D eigenvalue weighted by Crippen LogP contribution is -2.39. The Kier molecular flexibility index (Phi) is 3.85. The van der Waals surface area contributed by atoms with Gasteiger partial charge in [-0.15, -0.1) is 0 Å². The summed E-state index contributed by atoms with van der Waals surface area (Å²) >= 11 is 0. The molecule has 1 fully saturated rings. The summed E-state index contributed by atoms with van der Waals surface area (Å²) in [5.74, 6) is 0.924. The Morgan fingerprint density at radius 2 is 1.88 bits per heavy atom. The van der Waals surface area contributed by atoms with Crippen molar-refractivity contribution in [3.63, 3.8) is 0 Å². The lowest BCUT2D eigenvalue weighted by molar-refractivity contribution is 0.218. The van der Waals surface area contributed by atoms with Crippen LogP contribution in [-0.2, 0) is 0 Å². The molecule has 2 nitrogen and oxygen atoms in total. The second kappa shape index (κ2) is 5.19. The molecule has 2 atom stereocenters. The third-order valence-electron chi connectivity index (χ3n) is 3.92. The van der Waals surface area contributed by atoms with E-state index in [0.29, 0.717) is 6.04 Å². The fourth-order valence-electron chi connectivity index (χ4n) is 2.22. The minimum atomic E-state index is 0.111. The number of nitrogens with two attached hydrogens (primary N) is 1. The van der Waals surface area contributed by atoms with Crippen LogP contribution in [0, 0.1) is 12.8 Å². The Bertz CT molecular complexity index is 354. The van der Waals surface area contributed by atoms with Crippen LogP contribution < -0.4 is 5.73 Å². The molecule has 0 aromatic heterocycles. The van der Waals surface area contributed by atoms with Gasteiger partial charge in [-0.1, -0.05) is 29.8 Å². The molecule has 0 saturated heterocycles. The lowest BCUT2D eigenvalue weighted by Gasteiger charge is -2.30. The summed E-state index contributed by atoms with van der Waals surface area (Å²) in [6.07, 6.45) is 2.80. The number of rotatable bonds is 5. The van der Waals surface area contributed by atoms with E-state index < -0.39 is 0 Å². The molecule has 0 spiro atoms. The van der Waals surface area contributed by atoms with Crippen LogP contribution in [0.15, 0.2) is 24.3 Å². The first-order chi connectivity index (χ1) is 8.08. The molecular weight excluding hydrogens is 208 g/mol. The van der Waals surface area contributed by atoms with Crippen LogP contribution >= 0.6 is 0 Å². The molecule has 2 rings (SSSR count). The average Bonchev–Trinajstić information content (AvgIpc) is 3.12. The van der Waals surface area contributed by atoms with Gasteiger partial charge in [-0.2, -0.15) is 0 Å². The van der Waals surface area contributed by atoms with Gasteiger partial charge >= 0.3 is 0 Å². The van der Waals surface area contributed by atoms with Crippen molar-refractivity contribution in [2.75, 3.05) is 13.6 Å². The topological polar surface area (TPSA) is 29.3 Å². The van der Waals surface area contributed by atoms with Crippen LogP contribution in [0.25, 0.3) is 0 Å². The average molecular weight is 232 g/mol. The van der Waals surface area contributed by atoms with Gasteiger partial charge in [-0.3, -0.25) is 0 Å². The standard InChI is InChI=1S/C15H24N2/c1-11-4-8-14(9-5-11)15(16)12(2)17(3)10-13-6-7-13/h4-5,8-9,12-13,15H,6-7,10,16H2,1-3H3. The van der Waals surface area contributed by atoms with Crippen LogP contribution in [0.2, 0.25) is 0 Å². The molecule has 1 aromatic rings. The zero-order valence-corrected chi connectivity index (χ0v) is 11.2. The molecule has 94 valence electrons. The molecule has 2 unspecified atom stereocenters. The van der Waals surface area contributed by atoms with Gasteiger partial charge in [-0.05, 0) is 45.2 Å². The molecule has 1 aliphatic rings. The van der Waals surface area contributed by atoms with Gasteiger partial charge < -0.3 is 10.6 Å². The van der Waals surface area contributed by atoms with Gasteiger partial charge in [0, 0.05) is 18.6 Å². The fourth-order valence-corrected chi connectivity index (χ4v) is 2.22. The zero-order valence-electron chi connectivity index (χ0n) is 11.2. The molecule has 0 bridgehead atoms. The number of nitrogens with zero attached hydrogens (tertiary/aromatic N) is 1. The smallest absolute Gasteiger partial charge is 0.0450 e. The summed E-state index contributed by atoms with van der Waals surface area (Å²) in [7, 11) is 2.19. The van der Waals surface area contributed by atoms with Gasteiger partial charge in [0.05, 0.1) is 0 Å². The van der Waals surface area contributed by atoms with E-state index in [1.165, 1.54) is 30.5 Å². The minimum absolute atomic E-state index is 0.111. The molecule has 2 N–H and O–H groups in total. The number of aryl methyl sites for hydroxylation is 1. The molecule has 0 heterocycles. The fraction of sp³-hybridized carbons (Fsp3) is 0.600. The van der Waals surface area contributed by atoms with E-state index in [1.807, 2.05) is 0 Å². The highest BCUT2D eigenvalue weighted by molar-refractivity contribution is 5.24. The van der Waals surface area contributed by atoms with Crippen molar-refractivity contribution >= 4 is 0 Å². The highest BCUT2D eigenvalue weighted by Crippen LogP contribution is 2.30. The second-order valence-corrected chi connectivity index (χ2v) is 5.56. The molecule has 1 saturated carbocycles. The predicted octanol–water partition coefficient (Wildman–Crippen LogP) is 2.73. The number of hydrogen-bond donors (Lipinski definition) is 1. The van der Waals surface area contributed by atoms with E-state index in [1.54, 1.807) is 0 Å². The monoisotopic (exact) mass is 232 g/mol. The van der Waals surface area contributed by atoms with Crippen molar-refractivity contribution in [2.24, 2.45) is 11.7 Å². The Morgan fingerprint density at radius 3 is 2.41 bits per heavy atom. The first-order valence-electron chi connectivity index (χ1n) is 6.60. The molecule has 17 heavy (non-hydrogen) atoms. The second-order valence-electron chi connectivity index (χ2n) is 5.56. The predicted molar refractivity (Wildman–Crippen MR) is 72.9 cm³/mol. The van der Waals surface area contributed by atoms with Crippen molar-refractivity contribution < 1.29 is 0 Å². The Morgan fingerprint density at radius 1 is 1.29 bits per heavy atom. The Balaban J connectivity index is 1.97. The van der Waals surface area contributed by atoms with E-state index >= 15 is 0 Å². The highest BCUT2D eigenvalue weighted by Gasteiger charge is 2.26. The minimum Gasteiger partial charge on any atom is -0.323 e. The van der Waals surface area contributed by atoms with Crippen LogP contribution in [-0.4, -0.2) is 24.5 Å². The summed E-state index contributed by atoms with van der Waals surface area (Å²) in [4.78, 5) is 2.40. The Hall–Kier alpha value is -0.860. The molecule has 0 radical (unpaired) electrons. The van der Waals surface area contributed by atoms with Crippen LogP contribution in [0.5, 0.6) is 0 Å². The third kappa shape index (κ3) is 3.30. The zero-order chi connectivity index (χ0) is 12.4. The summed E-state index contributed by atoms with van der Waals surface area (Å²) < 4.78 is 0. The van der Waals surface area contributed by atoms with E-state index in [9.17, 15) is 0 Å². The highest BCUT2D eigenvalue weighted by atomic mass is 15.1. The molecule has 0 amide bonds.